The summed E-state index contributed by atoms with van der Waals surface area (Å²) in [5.74, 6) is 3.00. The van der Waals surface area contributed by atoms with Gasteiger partial charge in [-0.1, -0.05) is 63.5 Å². The van der Waals surface area contributed by atoms with Gasteiger partial charge in [0.25, 0.3) is 0 Å². The average molecular weight is 236 g/mol. The third-order valence-electron chi connectivity index (χ3n) is 5.71. The Morgan fingerprint density at radius 3 is 2.12 bits per heavy atom. The highest BCUT2D eigenvalue weighted by Gasteiger charge is 2.37. The molecular weight excluding hydrogens is 208 g/mol. The van der Waals surface area contributed by atoms with E-state index in [9.17, 15) is 0 Å². The maximum atomic E-state index is 2.52. The molecule has 0 amide bonds. The topological polar surface area (TPSA) is 0 Å². The first-order valence-electron chi connectivity index (χ1n) is 7.41. The molecule has 2 rings (SSSR count). The number of rotatable bonds is 6. The summed E-state index contributed by atoms with van der Waals surface area (Å²) >= 11 is 0. The zero-order valence-electron chi connectivity index (χ0n) is 11.3. The lowest BCUT2D eigenvalue weighted by Gasteiger charge is -2.30. The van der Waals surface area contributed by atoms with Gasteiger partial charge in [0.05, 0.1) is 8.07 Å². The lowest BCUT2D eigenvalue weighted by atomic mass is 9.91. The standard InChI is InChI=1S/C15H28Si/c1-4-16(5-2,6-3)10-9-15-12-13-7-8-14(15)11-13/h7-8,13-15H,4-6,9-12H2,1-3H3. The predicted octanol–water partition coefficient (Wildman–Crippen LogP) is 5.10. The van der Waals surface area contributed by atoms with Gasteiger partial charge in [-0.15, -0.1) is 0 Å². The Kier molecular flexibility index (Phi) is 3.94. The van der Waals surface area contributed by atoms with E-state index in [4.69, 9.17) is 0 Å². The van der Waals surface area contributed by atoms with Gasteiger partial charge in [-0.3, -0.25) is 0 Å². The van der Waals surface area contributed by atoms with E-state index in [0.29, 0.717) is 0 Å². The molecule has 0 aromatic heterocycles. The van der Waals surface area contributed by atoms with Gasteiger partial charge in [-0.05, 0) is 30.6 Å². The molecule has 0 saturated heterocycles. The summed E-state index contributed by atoms with van der Waals surface area (Å²) in [7, 11) is -0.837. The summed E-state index contributed by atoms with van der Waals surface area (Å²) < 4.78 is 0. The minimum atomic E-state index is -0.837. The number of hydrogen-bond donors (Lipinski definition) is 0. The molecule has 0 nitrogen and oxygen atoms in total. The van der Waals surface area contributed by atoms with Gasteiger partial charge in [0.15, 0.2) is 0 Å². The number of fused-ring (bicyclic) bond motifs is 2. The number of allylic oxidation sites excluding steroid dienone is 2. The molecule has 2 aliphatic rings. The molecule has 0 N–H and O–H groups in total. The molecule has 1 heteroatoms. The fourth-order valence-corrected chi connectivity index (χ4v) is 7.54. The van der Waals surface area contributed by atoms with Crippen molar-refractivity contribution in [3.05, 3.63) is 12.2 Å². The largest absolute Gasteiger partial charge is 0.0851 e. The third-order valence-corrected chi connectivity index (χ3v) is 11.6. The minimum absolute atomic E-state index is 0.837. The van der Waals surface area contributed by atoms with Crippen LogP contribution in [0, 0.1) is 17.8 Å². The quantitative estimate of drug-likeness (QED) is 0.445. The van der Waals surface area contributed by atoms with Gasteiger partial charge in [0, 0.05) is 0 Å². The van der Waals surface area contributed by atoms with Crippen molar-refractivity contribution in [2.24, 2.45) is 17.8 Å². The molecule has 3 unspecified atom stereocenters. The maximum absolute atomic E-state index is 2.52. The van der Waals surface area contributed by atoms with E-state index >= 15 is 0 Å². The SMILES string of the molecule is CC[Si](CC)(CC)CCC1CC2C=CC1C2. The van der Waals surface area contributed by atoms with E-state index in [1.807, 2.05) is 0 Å². The second kappa shape index (κ2) is 5.08. The van der Waals surface area contributed by atoms with E-state index < -0.39 is 8.07 Å². The number of hydrogen-bond acceptors (Lipinski definition) is 0. The second-order valence-corrected chi connectivity index (χ2v) is 11.8. The molecule has 16 heavy (non-hydrogen) atoms. The van der Waals surface area contributed by atoms with Crippen LogP contribution in [0.25, 0.3) is 0 Å². The molecule has 2 bridgehead atoms. The molecule has 0 spiro atoms. The maximum Gasteiger partial charge on any atom is 0.0527 e. The summed E-state index contributed by atoms with van der Waals surface area (Å²) in [6.07, 6.45) is 9.55. The van der Waals surface area contributed by atoms with Crippen LogP contribution in [-0.4, -0.2) is 8.07 Å². The lowest BCUT2D eigenvalue weighted by Crippen LogP contribution is -2.31. The van der Waals surface area contributed by atoms with E-state index in [2.05, 4.69) is 32.9 Å². The molecule has 0 aliphatic heterocycles. The Bertz CT molecular complexity index is 244. The van der Waals surface area contributed by atoms with Crippen molar-refractivity contribution in [2.45, 2.75) is 64.2 Å². The van der Waals surface area contributed by atoms with Crippen LogP contribution in [0.2, 0.25) is 24.2 Å². The monoisotopic (exact) mass is 236 g/mol. The van der Waals surface area contributed by atoms with Gasteiger partial charge in [0.1, 0.15) is 0 Å². The Morgan fingerprint density at radius 2 is 1.69 bits per heavy atom. The first-order chi connectivity index (χ1) is 7.73. The van der Waals surface area contributed by atoms with Crippen molar-refractivity contribution in [1.29, 1.82) is 0 Å². The molecule has 0 radical (unpaired) electrons. The Labute approximate surface area is 103 Å². The van der Waals surface area contributed by atoms with Crippen molar-refractivity contribution < 1.29 is 0 Å². The normalized spacial score (nSPS) is 32.6. The van der Waals surface area contributed by atoms with Gasteiger partial charge < -0.3 is 0 Å². The molecule has 92 valence electrons. The summed E-state index contributed by atoms with van der Waals surface area (Å²) in [4.78, 5) is 0. The molecule has 0 aromatic carbocycles. The summed E-state index contributed by atoms with van der Waals surface area (Å²) in [6.45, 7) is 7.33. The molecule has 1 saturated carbocycles. The van der Waals surface area contributed by atoms with Crippen LogP contribution in [0.5, 0.6) is 0 Å². The molecule has 0 heterocycles. The van der Waals surface area contributed by atoms with Crippen LogP contribution < -0.4 is 0 Å². The van der Waals surface area contributed by atoms with E-state index in [0.717, 1.165) is 17.8 Å². The van der Waals surface area contributed by atoms with Crippen molar-refractivity contribution in [3.63, 3.8) is 0 Å². The van der Waals surface area contributed by atoms with E-state index in [-0.39, 0.29) is 0 Å². The zero-order valence-corrected chi connectivity index (χ0v) is 12.3. The van der Waals surface area contributed by atoms with Gasteiger partial charge in [0.2, 0.25) is 0 Å². The Hall–Kier alpha value is -0.0431. The zero-order chi connectivity index (χ0) is 11.6. The molecule has 0 aromatic rings. The first-order valence-corrected chi connectivity index (χ1v) is 10.2. The predicted molar refractivity (Wildman–Crippen MR) is 75.5 cm³/mol. The Balaban J connectivity index is 1.84. The molecular formula is C15H28Si. The molecule has 3 atom stereocenters. The fourth-order valence-electron chi connectivity index (χ4n) is 4.00. The molecule has 2 aliphatic carbocycles. The highest BCUT2D eigenvalue weighted by atomic mass is 28.3. The lowest BCUT2D eigenvalue weighted by molar-refractivity contribution is 0.431. The summed E-state index contributed by atoms with van der Waals surface area (Å²) in [6, 6.07) is 6.14. The summed E-state index contributed by atoms with van der Waals surface area (Å²) in [5, 5.41) is 0. The Morgan fingerprint density at radius 1 is 1.00 bits per heavy atom. The van der Waals surface area contributed by atoms with Gasteiger partial charge >= 0.3 is 0 Å². The first kappa shape index (κ1) is 12.4. The van der Waals surface area contributed by atoms with Crippen molar-refractivity contribution >= 4 is 8.07 Å². The minimum Gasteiger partial charge on any atom is -0.0851 e. The average Bonchev–Trinajstić information content (AvgIpc) is 2.93. The van der Waals surface area contributed by atoms with E-state index in [1.165, 1.54) is 31.0 Å². The van der Waals surface area contributed by atoms with Crippen LogP contribution in [-0.2, 0) is 0 Å². The van der Waals surface area contributed by atoms with Crippen molar-refractivity contribution in [2.75, 3.05) is 0 Å². The highest BCUT2D eigenvalue weighted by molar-refractivity contribution is 6.79. The fraction of sp³-hybridized carbons (Fsp3) is 0.867. The van der Waals surface area contributed by atoms with Crippen molar-refractivity contribution in [3.8, 4) is 0 Å². The van der Waals surface area contributed by atoms with Crippen molar-refractivity contribution in [1.82, 2.24) is 0 Å². The van der Waals surface area contributed by atoms with Crippen LogP contribution in [0.4, 0.5) is 0 Å². The van der Waals surface area contributed by atoms with Crippen LogP contribution in [0.3, 0.4) is 0 Å². The smallest absolute Gasteiger partial charge is 0.0527 e. The van der Waals surface area contributed by atoms with Crippen LogP contribution in [0.1, 0.15) is 40.0 Å². The van der Waals surface area contributed by atoms with Gasteiger partial charge in [-0.2, -0.15) is 0 Å². The van der Waals surface area contributed by atoms with Crippen LogP contribution >= 0.6 is 0 Å². The van der Waals surface area contributed by atoms with Crippen LogP contribution in [0.15, 0.2) is 12.2 Å². The summed E-state index contributed by atoms with van der Waals surface area (Å²) in [5.41, 5.74) is 0. The van der Waals surface area contributed by atoms with Gasteiger partial charge in [-0.25, -0.2) is 0 Å². The van der Waals surface area contributed by atoms with E-state index in [1.54, 1.807) is 12.5 Å². The molecule has 1 fully saturated rings. The second-order valence-electron chi connectivity index (χ2n) is 6.14. The highest BCUT2D eigenvalue weighted by Crippen LogP contribution is 2.46. The third kappa shape index (κ3) is 2.29.